The lowest BCUT2D eigenvalue weighted by Gasteiger charge is -2.24. The average molecular weight is 526 g/mol. The van der Waals surface area contributed by atoms with Gasteiger partial charge in [0.05, 0.1) is 23.0 Å². The summed E-state index contributed by atoms with van der Waals surface area (Å²) in [6.45, 7) is 6.10. The fourth-order valence-corrected chi connectivity index (χ4v) is 6.24. The Morgan fingerprint density at radius 3 is 2.54 bits per heavy atom. The monoisotopic (exact) mass is 525 g/mol. The standard InChI is InChI=1S/C29H32FN2O4S.H2/c1-4-32(27-7-5-6-19(2)20(27)3)29(34)25-15-12-23(17-26(25)30)31-28(33)16-21-10-13-24(14-11-21)37(35,36)18-22-8-9-22;/h5-7,10-15,17,22,24H,4,8-9,16,18H2,1-3H3,(H,31,33);1H. The molecular formula is C29H34FN2O4S. The molecule has 0 aromatic heterocycles. The lowest BCUT2D eigenvalue weighted by molar-refractivity contribution is -0.115. The minimum atomic E-state index is -3.23. The maximum absolute atomic E-state index is 15.0. The van der Waals surface area contributed by atoms with Crippen molar-refractivity contribution in [3.05, 3.63) is 89.1 Å². The van der Waals surface area contributed by atoms with Crippen molar-refractivity contribution in [2.75, 3.05) is 22.5 Å². The van der Waals surface area contributed by atoms with Crippen LogP contribution in [0.25, 0.3) is 0 Å². The minimum absolute atomic E-state index is 0. The van der Waals surface area contributed by atoms with Gasteiger partial charge in [-0.1, -0.05) is 30.4 Å². The van der Waals surface area contributed by atoms with Gasteiger partial charge in [-0.15, -0.1) is 0 Å². The lowest BCUT2D eigenvalue weighted by Crippen LogP contribution is -2.32. The second kappa shape index (κ2) is 11.0. The predicted octanol–water partition coefficient (Wildman–Crippen LogP) is 5.58. The van der Waals surface area contributed by atoms with E-state index in [4.69, 9.17) is 0 Å². The third-order valence-electron chi connectivity index (χ3n) is 6.86. The Morgan fingerprint density at radius 1 is 1.16 bits per heavy atom. The highest BCUT2D eigenvalue weighted by Gasteiger charge is 2.32. The number of hydrogen-bond acceptors (Lipinski definition) is 4. The average Bonchev–Trinajstić information content (AvgIpc) is 3.66. The first kappa shape index (κ1) is 26.8. The van der Waals surface area contributed by atoms with Crippen molar-refractivity contribution in [1.29, 1.82) is 0 Å². The molecule has 2 amide bonds. The van der Waals surface area contributed by atoms with Gasteiger partial charge >= 0.3 is 0 Å². The van der Waals surface area contributed by atoms with Gasteiger partial charge in [-0.05, 0) is 80.5 Å². The molecule has 1 unspecified atom stereocenters. The zero-order valence-corrected chi connectivity index (χ0v) is 22.1. The van der Waals surface area contributed by atoms with E-state index in [-0.39, 0.29) is 36.7 Å². The lowest BCUT2D eigenvalue weighted by atomic mass is 10.0. The number of carbonyl (C=O) groups excluding carboxylic acids is 2. The molecule has 1 N–H and O–H groups in total. The van der Waals surface area contributed by atoms with E-state index in [1.54, 1.807) is 24.6 Å². The normalized spacial score (nSPS) is 17.3. The van der Waals surface area contributed by atoms with Gasteiger partial charge in [0.25, 0.3) is 5.91 Å². The summed E-state index contributed by atoms with van der Waals surface area (Å²) in [4.78, 5) is 27.2. The molecule has 0 spiro atoms. The van der Waals surface area contributed by atoms with Crippen LogP contribution in [0.1, 0.15) is 49.1 Å². The molecule has 4 rings (SSSR count). The number of amides is 2. The van der Waals surface area contributed by atoms with Gasteiger partial charge in [-0.3, -0.25) is 9.59 Å². The Labute approximate surface area is 219 Å². The third kappa shape index (κ3) is 6.36. The maximum Gasteiger partial charge on any atom is 0.261 e. The first-order chi connectivity index (χ1) is 17.6. The van der Waals surface area contributed by atoms with Crippen LogP contribution in [0.4, 0.5) is 15.8 Å². The first-order valence-electron chi connectivity index (χ1n) is 12.5. The molecule has 37 heavy (non-hydrogen) atoms. The number of nitrogens with zero attached hydrogens (tertiary/aromatic N) is 1. The minimum Gasteiger partial charge on any atom is -0.326 e. The summed E-state index contributed by atoms with van der Waals surface area (Å²) in [5.41, 5.74) is 3.55. The van der Waals surface area contributed by atoms with Crippen LogP contribution in [-0.4, -0.2) is 37.8 Å². The Balaban J connectivity index is 0.00000400. The van der Waals surface area contributed by atoms with Gasteiger partial charge in [0.15, 0.2) is 9.84 Å². The fraction of sp³-hybridized carbons (Fsp3) is 0.345. The van der Waals surface area contributed by atoms with E-state index in [1.165, 1.54) is 17.0 Å². The number of allylic oxidation sites excluding steroid dienone is 2. The van der Waals surface area contributed by atoms with Crippen LogP contribution in [-0.2, 0) is 14.6 Å². The molecule has 1 radical (unpaired) electrons. The van der Waals surface area contributed by atoms with Crippen molar-refractivity contribution >= 4 is 33.0 Å². The van der Waals surface area contributed by atoms with Crippen LogP contribution in [0, 0.1) is 32.0 Å². The molecular weight excluding hydrogens is 491 g/mol. The Kier molecular flexibility index (Phi) is 7.97. The molecule has 0 heterocycles. The molecule has 0 aliphatic heterocycles. The van der Waals surface area contributed by atoms with Gasteiger partial charge in [0, 0.05) is 25.8 Å². The quantitative estimate of drug-likeness (QED) is 0.463. The van der Waals surface area contributed by atoms with Gasteiger partial charge in [-0.2, -0.15) is 0 Å². The molecule has 8 heteroatoms. The van der Waals surface area contributed by atoms with Crippen LogP contribution in [0.15, 0.2) is 60.2 Å². The second-order valence-electron chi connectivity index (χ2n) is 9.72. The maximum atomic E-state index is 15.0. The van der Waals surface area contributed by atoms with Crippen molar-refractivity contribution in [3.8, 4) is 0 Å². The van der Waals surface area contributed by atoms with Crippen LogP contribution in [0.5, 0.6) is 0 Å². The van der Waals surface area contributed by atoms with Gasteiger partial charge < -0.3 is 10.2 Å². The summed E-state index contributed by atoms with van der Waals surface area (Å²) in [5.74, 6) is -1.06. The number of benzene rings is 2. The molecule has 1 fully saturated rings. The number of anilines is 2. The smallest absolute Gasteiger partial charge is 0.261 e. The number of carbonyl (C=O) groups is 2. The number of sulfone groups is 1. The molecule has 6 nitrogen and oxygen atoms in total. The summed E-state index contributed by atoms with van der Waals surface area (Å²) in [6.07, 6.45) is 8.48. The molecule has 0 saturated heterocycles. The van der Waals surface area contributed by atoms with Gasteiger partial charge in [0.1, 0.15) is 5.82 Å². The molecule has 197 valence electrons. The summed E-state index contributed by atoms with van der Waals surface area (Å²) in [5, 5.41) is 1.99. The van der Waals surface area contributed by atoms with E-state index >= 15 is 0 Å². The summed E-state index contributed by atoms with van der Waals surface area (Å²) >= 11 is 0. The third-order valence-corrected chi connectivity index (χ3v) is 8.94. The highest BCUT2D eigenvalue weighted by Crippen LogP contribution is 2.32. The molecule has 0 bridgehead atoms. The first-order valence-corrected chi connectivity index (χ1v) is 14.2. The molecule has 2 aromatic rings. The van der Waals surface area contributed by atoms with E-state index in [0.29, 0.717) is 12.1 Å². The van der Waals surface area contributed by atoms with Gasteiger partial charge in [0.2, 0.25) is 5.91 Å². The number of hydrogen-bond donors (Lipinski definition) is 1. The summed E-state index contributed by atoms with van der Waals surface area (Å²) in [6, 6.07) is 9.69. The van der Waals surface area contributed by atoms with Crippen molar-refractivity contribution in [3.63, 3.8) is 0 Å². The zero-order valence-electron chi connectivity index (χ0n) is 21.3. The van der Waals surface area contributed by atoms with Crippen molar-refractivity contribution in [1.82, 2.24) is 0 Å². The molecule has 2 aliphatic rings. The van der Waals surface area contributed by atoms with Crippen LogP contribution in [0.2, 0.25) is 0 Å². The van der Waals surface area contributed by atoms with E-state index in [9.17, 15) is 22.4 Å². The Bertz CT molecular complexity index is 1380. The summed E-state index contributed by atoms with van der Waals surface area (Å²) < 4.78 is 39.8. The van der Waals surface area contributed by atoms with Crippen molar-refractivity contribution < 1.29 is 23.8 Å². The highest BCUT2D eigenvalue weighted by atomic mass is 32.2. The van der Waals surface area contributed by atoms with E-state index in [2.05, 4.69) is 5.32 Å². The highest BCUT2D eigenvalue weighted by molar-refractivity contribution is 7.92. The van der Waals surface area contributed by atoms with Crippen molar-refractivity contribution in [2.45, 2.75) is 45.3 Å². The van der Waals surface area contributed by atoms with Crippen LogP contribution in [0.3, 0.4) is 0 Å². The Morgan fingerprint density at radius 2 is 1.92 bits per heavy atom. The number of rotatable bonds is 9. The summed E-state index contributed by atoms with van der Waals surface area (Å²) in [7, 11) is -3.23. The van der Waals surface area contributed by atoms with E-state index < -0.39 is 26.8 Å². The Hall–Kier alpha value is -3.26. The molecule has 1 atom stereocenters. The second-order valence-corrected chi connectivity index (χ2v) is 11.9. The number of aryl methyl sites for hydroxylation is 1. The SMILES string of the molecule is CCN(C(=O)c1ccc(NC(=O)CC2=C[CH]C(S(=O)(=O)CC3CC3)C=C2)cc1F)c1cccc(C)c1C.[HH]. The topological polar surface area (TPSA) is 83.6 Å². The van der Waals surface area contributed by atoms with Crippen LogP contribution >= 0.6 is 0 Å². The largest absolute Gasteiger partial charge is 0.326 e. The van der Waals surface area contributed by atoms with E-state index in [0.717, 1.165) is 35.7 Å². The fourth-order valence-electron chi connectivity index (χ4n) is 4.39. The number of nitrogens with one attached hydrogen (secondary N) is 1. The van der Waals surface area contributed by atoms with Crippen LogP contribution < -0.4 is 10.2 Å². The molecule has 2 aliphatic carbocycles. The van der Waals surface area contributed by atoms with E-state index in [1.807, 2.05) is 39.0 Å². The zero-order chi connectivity index (χ0) is 26.7. The molecule has 1 saturated carbocycles. The number of halogens is 1. The van der Waals surface area contributed by atoms with Gasteiger partial charge in [-0.25, -0.2) is 12.8 Å². The predicted molar refractivity (Wildman–Crippen MR) is 147 cm³/mol. The molecule has 2 aromatic carbocycles. The van der Waals surface area contributed by atoms with Crippen molar-refractivity contribution in [2.24, 2.45) is 5.92 Å².